The number of ketones is 1. The second-order valence-corrected chi connectivity index (χ2v) is 8.22. The molecule has 19 heavy (non-hydrogen) atoms. The maximum absolute atomic E-state index is 11.9. The lowest BCUT2D eigenvalue weighted by Crippen LogP contribution is -2.41. The van der Waals surface area contributed by atoms with Crippen molar-refractivity contribution in [1.29, 1.82) is 0 Å². The van der Waals surface area contributed by atoms with Crippen molar-refractivity contribution in [3.63, 3.8) is 0 Å². The van der Waals surface area contributed by atoms with Gasteiger partial charge >= 0.3 is 0 Å². The van der Waals surface area contributed by atoms with Gasteiger partial charge in [-0.3, -0.25) is 4.79 Å². The van der Waals surface area contributed by atoms with Crippen LogP contribution >= 0.6 is 22.6 Å². The van der Waals surface area contributed by atoms with Crippen LogP contribution in [0.5, 0.6) is 0 Å². The third-order valence-corrected chi connectivity index (χ3v) is 6.95. The largest absolute Gasteiger partial charge is 0.365 e. The van der Waals surface area contributed by atoms with Gasteiger partial charge in [-0.1, -0.05) is 61.6 Å². The predicted octanol–water partition coefficient (Wildman–Crippen LogP) is 3.61. The van der Waals surface area contributed by atoms with Crippen LogP contribution in [0.4, 0.5) is 0 Å². The molecule has 0 aromatic carbocycles. The number of rotatable bonds is 7. The molecule has 4 heteroatoms. The van der Waals surface area contributed by atoms with Crippen LogP contribution in [0.3, 0.4) is 0 Å². The molecular formula is C15H25IO3. The Bertz CT molecular complexity index is 368. The molecule has 0 aromatic rings. The van der Waals surface area contributed by atoms with Crippen molar-refractivity contribution in [2.75, 3.05) is 0 Å². The van der Waals surface area contributed by atoms with Gasteiger partial charge in [0.2, 0.25) is 0 Å². The summed E-state index contributed by atoms with van der Waals surface area (Å²) in [5.74, 6) is -1.21. The number of halogens is 1. The number of Topliss-reactive ketones (excluding diaryl/α,β-unsaturated/α-hetero) is 1. The molecule has 3 nitrogen and oxygen atoms in total. The minimum absolute atomic E-state index is 0.0219. The van der Waals surface area contributed by atoms with E-state index < -0.39 is 11.2 Å². The molecule has 0 bridgehead atoms. The summed E-state index contributed by atoms with van der Waals surface area (Å²) >= 11 is 2.36. The maximum Gasteiger partial charge on any atom is 0.177 e. The Kier molecular flexibility index (Phi) is 4.35. The van der Waals surface area contributed by atoms with E-state index in [1.807, 2.05) is 0 Å². The number of carbonyl (C=O) groups excluding carboxylic acids is 1. The molecule has 1 saturated heterocycles. The van der Waals surface area contributed by atoms with Gasteiger partial charge in [-0.15, -0.1) is 0 Å². The van der Waals surface area contributed by atoms with Crippen molar-refractivity contribution in [2.24, 2.45) is 5.41 Å². The molecule has 2 rings (SSSR count). The lowest BCUT2D eigenvalue weighted by Gasteiger charge is -2.27. The Balaban J connectivity index is 1.93. The highest BCUT2D eigenvalue weighted by molar-refractivity contribution is 14.1. The lowest BCUT2D eigenvalue weighted by molar-refractivity contribution is -0.220. The SMILES string of the molecule is CCCCCCC[C@H]1O[C@@](C)(O)[C@]2(C(C)=O)C[C@]12I. The van der Waals surface area contributed by atoms with Crippen LogP contribution < -0.4 is 0 Å². The van der Waals surface area contributed by atoms with E-state index in [1.165, 1.54) is 25.7 Å². The van der Waals surface area contributed by atoms with E-state index in [-0.39, 0.29) is 15.3 Å². The fourth-order valence-corrected chi connectivity index (χ4v) is 5.61. The van der Waals surface area contributed by atoms with E-state index in [0.717, 1.165) is 19.3 Å². The summed E-state index contributed by atoms with van der Waals surface area (Å²) < 4.78 is 5.64. The first-order valence-corrected chi connectivity index (χ1v) is 8.50. The number of hydrogen-bond donors (Lipinski definition) is 1. The lowest BCUT2D eigenvalue weighted by atomic mass is 9.90. The molecule has 0 amide bonds. The molecule has 0 spiro atoms. The van der Waals surface area contributed by atoms with Crippen LogP contribution in [0.15, 0.2) is 0 Å². The van der Waals surface area contributed by atoms with E-state index in [2.05, 4.69) is 29.5 Å². The van der Waals surface area contributed by atoms with Crippen LogP contribution in [0.2, 0.25) is 0 Å². The standard InChI is InChI=1S/C15H25IO3/c1-4-5-6-7-8-9-12-15(16)10-14(15,11(2)17)13(3,18)19-12/h12,18H,4-10H2,1-3H3/t12-,13-,14-,15+/m1/s1. The minimum atomic E-state index is -1.28. The Labute approximate surface area is 129 Å². The fourth-order valence-electron chi connectivity index (χ4n) is 3.72. The highest BCUT2D eigenvalue weighted by Gasteiger charge is 2.85. The number of ether oxygens (including phenoxy) is 1. The Morgan fingerprint density at radius 3 is 2.47 bits per heavy atom. The molecule has 0 aromatic heterocycles. The summed E-state index contributed by atoms with van der Waals surface area (Å²) in [4.78, 5) is 11.9. The van der Waals surface area contributed by atoms with Crippen molar-refractivity contribution in [1.82, 2.24) is 0 Å². The average Bonchev–Trinajstić information content (AvgIpc) is 2.93. The summed E-state index contributed by atoms with van der Waals surface area (Å²) in [5, 5.41) is 10.5. The van der Waals surface area contributed by atoms with Crippen LogP contribution in [0, 0.1) is 5.41 Å². The zero-order chi connectivity index (χ0) is 14.3. The normalized spacial score (nSPS) is 44.2. The van der Waals surface area contributed by atoms with Crippen molar-refractivity contribution in [3.8, 4) is 0 Å². The molecule has 1 heterocycles. The molecule has 110 valence electrons. The van der Waals surface area contributed by atoms with Crippen LogP contribution in [0.1, 0.15) is 65.7 Å². The van der Waals surface area contributed by atoms with Gasteiger partial charge in [0.15, 0.2) is 5.79 Å². The summed E-state index contributed by atoms with van der Waals surface area (Å²) in [7, 11) is 0. The Morgan fingerprint density at radius 2 is 2.00 bits per heavy atom. The van der Waals surface area contributed by atoms with E-state index >= 15 is 0 Å². The molecule has 0 radical (unpaired) electrons. The fraction of sp³-hybridized carbons (Fsp3) is 0.933. The van der Waals surface area contributed by atoms with Gasteiger partial charge in [-0.05, 0) is 26.7 Å². The zero-order valence-electron chi connectivity index (χ0n) is 12.2. The highest BCUT2D eigenvalue weighted by atomic mass is 127. The first kappa shape index (κ1) is 15.7. The van der Waals surface area contributed by atoms with E-state index in [1.54, 1.807) is 13.8 Å². The average molecular weight is 380 g/mol. The van der Waals surface area contributed by atoms with Gasteiger partial charge in [-0.2, -0.15) is 0 Å². The Morgan fingerprint density at radius 1 is 1.37 bits per heavy atom. The molecule has 4 atom stereocenters. The summed E-state index contributed by atoms with van der Waals surface area (Å²) in [6, 6.07) is 0. The van der Waals surface area contributed by atoms with Gasteiger partial charge in [-0.25, -0.2) is 0 Å². The second kappa shape index (κ2) is 5.26. The monoisotopic (exact) mass is 380 g/mol. The van der Waals surface area contributed by atoms with Crippen LogP contribution in [0.25, 0.3) is 0 Å². The quantitative estimate of drug-likeness (QED) is 0.417. The first-order chi connectivity index (χ1) is 8.82. The highest BCUT2D eigenvalue weighted by Crippen LogP contribution is 2.75. The topological polar surface area (TPSA) is 46.5 Å². The molecule has 2 aliphatic rings. The summed E-state index contributed by atoms with van der Waals surface area (Å²) in [6.07, 6.45) is 7.89. The third-order valence-electron chi connectivity index (χ3n) is 4.95. The van der Waals surface area contributed by atoms with Gasteiger partial charge in [0, 0.05) is 0 Å². The summed E-state index contributed by atoms with van der Waals surface area (Å²) in [5.41, 5.74) is -0.658. The van der Waals surface area contributed by atoms with Crippen LogP contribution in [-0.4, -0.2) is 26.2 Å². The van der Waals surface area contributed by atoms with Crippen molar-refractivity contribution < 1.29 is 14.6 Å². The third kappa shape index (κ3) is 2.27. The van der Waals surface area contributed by atoms with E-state index in [4.69, 9.17) is 4.74 Å². The zero-order valence-corrected chi connectivity index (χ0v) is 14.3. The van der Waals surface area contributed by atoms with Crippen molar-refractivity contribution in [3.05, 3.63) is 0 Å². The molecule has 1 N–H and O–H groups in total. The molecule has 1 aliphatic carbocycles. The van der Waals surface area contributed by atoms with E-state index in [0.29, 0.717) is 0 Å². The van der Waals surface area contributed by atoms with Gasteiger partial charge < -0.3 is 9.84 Å². The number of carbonyl (C=O) groups is 1. The molecule has 1 aliphatic heterocycles. The van der Waals surface area contributed by atoms with Crippen LogP contribution in [-0.2, 0) is 9.53 Å². The Hall–Kier alpha value is 0.320. The smallest absolute Gasteiger partial charge is 0.177 e. The predicted molar refractivity (Wildman–Crippen MR) is 83.4 cm³/mol. The van der Waals surface area contributed by atoms with Gasteiger partial charge in [0.25, 0.3) is 0 Å². The first-order valence-electron chi connectivity index (χ1n) is 7.42. The number of aliphatic hydroxyl groups is 1. The van der Waals surface area contributed by atoms with E-state index in [9.17, 15) is 9.90 Å². The molecule has 0 unspecified atom stereocenters. The number of unbranched alkanes of at least 4 members (excludes halogenated alkanes) is 4. The van der Waals surface area contributed by atoms with Gasteiger partial charge in [0.1, 0.15) is 11.2 Å². The maximum atomic E-state index is 11.9. The van der Waals surface area contributed by atoms with Crippen molar-refractivity contribution in [2.45, 2.75) is 81.0 Å². The number of fused-ring (bicyclic) bond motifs is 1. The molecule has 2 fully saturated rings. The summed E-state index contributed by atoms with van der Waals surface area (Å²) in [6.45, 7) is 5.45. The number of alkyl halides is 1. The second-order valence-electron chi connectivity index (χ2n) is 6.29. The van der Waals surface area contributed by atoms with Crippen molar-refractivity contribution >= 4 is 28.4 Å². The molecule has 1 saturated carbocycles. The number of hydrogen-bond acceptors (Lipinski definition) is 3. The molecular weight excluding hydrogens is 355 g/mol. The van der Waals surface area contributed by atoms with Gasteiger partial charge in [0.05, 0.1) is 9.53 Å². The minimum Gasteiger partial charge on any atom is -0.365 e.